The number of carbonyl (C=O) groups is 1. The summed E-state index contributed by atoms with van der Waals surface area (Å²) in [4.78, 5) is 30.2. The topological polar surface area (TPSA) is 69.9 Å². The van der Waals surface area contributed by atoms with Crippen molar-refractivity contribution in [1.82, 2.24) is 9.38 Å². The number of fused-ring (bicyclic) bond motifs is 3. The molecule has 2 aromatic heterocycles. The summed E-state index contributed by atoms with van der Waals surface area (Å²) in [5.41, 5.74) is 1.38. The van der Waals surface area contributed by atoms with E-state index in [2.05, 4.69) is 4.98 Å². The molecule has 0 bridgehead atoms. The summed E-state index contributed by atoms with van der Waals surface area (Å²) in [5, 5.41) is 0. The van der Waals surface area contributed by atoms with E-state index in [9.17, 15) is 9.59 Å². The van der Waals surface area contributed by atoms with Gasteiger partial charge < -0.3 is 9.47 Å². The van der Waals surface area contributed by atoms with E-state index in [4.69, 9.17) is 9.47 Å². The van der Waals surface area contributed by atoms with Gasteiger partial charge in [-0.25, -0.2) is 9.78 Å². The predicted octanol–water partition coefficient (Wildman–Crippen LogP) is 5.06. The van der Waals surface area contributed by atoms with Crippen LogP contribution in [0.2, 0.25) is 0 Å². The number of nitrogens with zero attached hydrogens (tertiary/aromatic N) is 2. The molecule has 0 saturated heterocycles. The molecule has 5 rings (SSSR count). The molecule has 7 heteroatoms. The number of carbonyl (C=O) groups excluding carboxylic acids is 1. The molecule has 31 heavy (non-hydrogen) atoms. The molecule has 0 aliphatic carbocycles. The Kier molecular flexibility index (Phi) is 4.93. The fraction of sp³-hybridized carbons (Fsp3) is 0.0417. The van der Waals surface area contributed by atoms with Crippen molar-refractivity contribution in [2.75, 3.05) is 0 Å². The Morgan fingerprint density at radius 3 is 2.55 bits per heavy atom. The molecule has 0 N–H and O–H groups in total. The second-order valence-corrected chi connectivity index (χ2v) is 7.80. The Balaban J connectivity index is 1.33. The Labute approximate surface area is 180 Å². The quantitative estimate of drug-likeness (QED) is 0.366. The minimum Gasteiger partial charge on any atom is -0.457 e. The monoisotopic (exact) mass is 428 g/mol. The van der Waals surface area contributed by atoms with Crippen LogP contribution < -0.4 is 10.3 Å². The second kappa shape index (κ2) is 8.04. The summed E-state index contributed by atoms with van der Waals surface area (Å²) in [6.07, 6.45) is 0. The van der Waals surface area contributed by atoms with E-state index in [1.54, 1.807) is 28.7 Å². The van der Waals surface area contributed by atoms with Crippen molar-refractivity contribution in [2.45, 2.75) is 6.61 Å². The number of aromatic nitrogens is 2. The van der Waals surface area contributed by atoms with Crippen LogP contribution in [0.15, 0.2) is 89.7 Å². The zero-order valence-corrected chi connectivity index (χ0v) is 17.0. The van der Waals surface area contributed by atoms with Crippen LogP contribution in [-0.4, -0.2) is 15.4 Å². The standard InChI is InChI=1S/C24H16N2O4S/c27-22-14-17(25-24-26(22)20-11-4-5-12-21(20)31-24)15-29-23(28)16-7-6-10-19(13-16)30-18-8-2-1-3-9-18/h1-14H,15H2. The lowest BCUT2D eigenvalue weighted by atomic mass is 10.2. The number of rotatable bonds is 5. The van der Waals surface area contributed by atoms with Gasteiger partial charge >= 0.3 is 5.97 Å². The fourth-order valence-corrected chi connectivity index (χ4v) is 4.28. The van der Waals surface area contributed by atoms with Crippen LogP contribution in [0.5, 0.6) is 11.5 Å². The van der Waals surface area contributed by atoms with Gasteiger partial charge in [-0.1, -0.05) is 47.7 Å². The van der Waals surface area contributed by atoms with Gasteiger partial charge in [0.2, 0.25) is 0 Å². The maximum Gasteiger partial charge on any atom is 0.338 e. The predicted molar refractivity (Wildman–Crippen MR) is 119 cm³/mol. The maximum atomic E-state index is 12.6. The van der Waals surface area contributed by atoms with E-state index in [0.717, 1.165) is 10.2 Å². The van der Waals surface area contributed by atoms with Crippen LogP contribution in [0.1, 0.15) is 16.1 Å². The first-order valence-corrected chi connectivity index (χ1v) is 10.4. The molecule has 0 amide bonds. The fourth-order valence-electron chi connectivity index (χ4n) is 3.23. The molecule has 0 aliphatic heterocycles. The van der Waals surface area contributed by atoms with Crippen LogP contribution in [0, 0.1) is 0 Å². The highest BCUT2D eigenvalue weighted by Gasteiger charge is 2.13. The third kappa shape index (κ3) is 3.91. The number of esters is 1. The summed E-state index contributed by atoms with van der Waals surface area (Å²) >= 11 is 1.42. The molecular weight excluding hydrogens is 412 g/mol. The molecule has 0 unspecified atom stereocenters. The van der Waals surface area contributed by atoms with Crippen molar-refractivity contribution in [3.63, 3.8) is 0 Å². The molecule has 2 heterocycles. The van der Waals surface area contributed by atoms with Crippen molar-refractivity contribution >= 4 is 32.5 Å². The second-order valence-electron chi connectivity index (χ2n) is 6.79. The lowest BCUT2D eigenvalue weighted by molar-refractivity contribution is 0.0467. The summed E-state index contributed by atoms with van der Waals surface area (Å²) in [7, 11) is 0. The lowest BCUT2D eigenvalue weighted by Crippen LogP contribution is -2.15. The van der Waals surface area contributed by atoms with Crippen LogP contribution in [-0.2, 0) is 11.3 Å². The SMILES string of the molecule is O=C(OCc1cc(=O)n2c(n1)sc1ccccc12)c1cccc(Oc2ccccc2)c1. The molecule has 6 nitrogen and oxygen atoms in total. The van der Waals surface area contributed by atoms with Gasteiger partial charge in [-0.15, -0.1) is 0 Å². The Morgan fingerprint density at radius 1 is 0.903 bits per heavy atom. The number of benzene rings is 3. The normalized spacial score (nSPS) is 11.0. The van der Waals surface area contributed by atoms with E-state index < -0.39 is 5.97 Å². The van der Waals surface area contributed by atoms with Gasteiger partial charge in [-0.3, -0.25) is 9.20 Å². The van der Waals surface area contributed by atoms with Crippen molar-refractivity contribution in [1.29, 1.82) is 0 Å². The van der Waals surface area contributed by atoms with E-state index in [1.807, 2.05) is 54.6 Å². The molecule has 152 valence electrons. The average Bonchev–Trinajstić information content (AvgIpc) is 3.17. The highest BCUT2D eigenvalue weighted by atomic mass is 32.1. The molecule has 0 aliphatic rings. The van der Waals surface area contributed by atoms with Gasteiger partial charge in [0.25, 0.3) is 5.56 Å². The Morgan fingerprint density at radius 2 is 1.68 bits per heavy atom. The zero-order chi connectivity index (χ0) is 21.2. The highest BCUT2D eigenvalue weighted by molar-refractivity contribution is 7.23. The number of thiazole rings is 1. The number of hydrogen-bond donors (Lipinski definition) is 0. The van der Waals surface area contributed by atoms with Gasteiger partial charge in [-0.2, -0.15) is 0 Å². The minimum atomic E-state index is -0.517. The van der Waals surface area contributed by atoms with Crippen LogP contribution >= 0.6 is 11.3 Å². The molecule has 3 aromatic carbocycles. The highest BCUT2D eigenvalue weighted by Crippen LogP contribution is 2.24. The van der Waals surface area contributed by atoms with Crippen molar-refractivity contribution in [3.05, 3.63) is 107 Å². The van der Waals surface area contributed by atoms with Crippen LogP contribution in [0.4, 0.5) is 0 Å². The van der Waals surface area contributed by atoms with E-state index in [1.165, 1.54) is 17.4 Å². The average molecular weight is 428 g/mol. The van der Waals surface area contributed by atoms with Crippen molar-refractivity contribution < 1.29 is 14.3 Å². The molecule has 0 atom stereocenters. The molecular formula is C24H16N2O4S. The van der Waals surface area contributed by atoms with Gasteiger partial charge in [-0.05, 0) is 42.5 Å². The molecule has 0 radical (unpaired) electrons. The molecule has 0 fully saturated rings. The maximum absolute atomic E-state index is 12.6. The Bertz CT molecular complexity index is 1460. The third-order valence-corrected chi connectivity index (χ3v) is 5.67. The number of para-hydroxylation sites is 2. The van der Waals surface area contributed by atoms with Crippen LogP contribution in [0.25, 0.3) is 15.2 Å². The molecule has 0 saturated carbocycles. The number of hydrogen-bond acceptors (Lipinski definition) is 6. The lowest BCUT2D eigenvalue weighted by Gasteiger charge is -2.08. The summed E-state index contributed by atoms with van der Waals surface area (Å²) in [6, 6.07) is 25.1. The van der Waals surface area contributed by atoms with Crippen LogP contribution in [0.3, 0.4) is 0 Å². The third-order valence-electron chi connectivity index (χ3n) is 4.65. The van der Waals surface area contributed by atoms with E-state index in [0.29, 0.717) is 27.7 Å². The van der Waals surface area contributed by atoms with Gasteiger partial charge in [0.1, 0.15) is 18.1 Å². The van der Waals surface area contributed by atoms with Gasteiger partial charge in [0.05, 0.1) is 21.5 Å². The summed E-state index contributed by atoms with van der Waals surface area (Å²) < 4.78 is 13.7. The Hall–Kier alpha value is -3.97. The molecule has 5 aromatic rings. The van der Waals surface area contributed by atoms with Crippen molar-refractivity contribution in [2.24, 2.45) is 0 Å². The van der Waals surface area contributed by atoms with Gasteiger partial charge in [0.15, 0.2) is 4.96 Å². The smallest absolute Gasteiger partial charge is 0.338 e. The first kappa shape index (κ1) is 19.0. The van der Waals surface area contributed by atoms with E-state index >= 15 is 0 Å². The summed E-state index contributed by atoms with van der Waals surface area (Å²) in [6.45, 7) is -0.0947. The first-order valence-electron chi connectivity index (χ1n) is 9.58. The van der Waals surface area contributed by atoms with E-state index in [-0.39, 0.29) is 12.2 Å². The molecule has 0 spiro atoms. The summed E-state index contributed by atoms with van der Waals surface area (Å²) in [5.74, 6) is 0.690. The van der Waals surface area contributed by atoms with Gasteiger partial charge in [0, 0.05) is 6.07 Å². The minimum absolute atomic E-state index is 0.0947. The van der Waals surface area contributed by atoms with Crippen molar-refractivity contribution in [3.8, 4) is 11.5 Å². The first-order chi connectivity index (χ1) is 15.2. The number of ether oxygens (including phenoxy) is 2. The largest absolute Gasteiger partial charge is 0.457 e. The zero-order valence-electron chi connectivity index (χ0n) is 16.2.